The molecule has 0 saturated carbocycles. The Morgan fingerprint density at radius 1 is 1.40 bits per heavy atom. The number of carboxylic acids is 1. The molecule has 6 nitrogen and oxygen atoms in total. The fraction of sp³-hybridized carbons (Fsp3) is 0.538. The van der Waals surface area contributed by atoms with Gasteiger partial charge in [-0.1, -0.05) is 0 Å². The van der Waals surface area contributed by atoms with Crippen LogP contribution in [0.25, 0.3) is 0 Å². The predicted molar refractivity (Wildman–Crippen MR) is 76.6 cm³/mol. The number of carbonyl (C=O) groups is 2. The third kappa shape index (κ3) is 2.94. The van der Waals surface area contributed by atoms with E-state index in [9.17, 15) is 19.8 Å². The first kappa shape index (κ1) is 14.8. The number of aliphatic hydroxyl groups is 1. The number of nitrogens with one attached hydrogen (secondary N) is 1. The van der Waals surface area contributed by atoms with Gasteiger partial charge in [-0.25, -0.2) is 9.59 Å². The van der Waals surface area contributed by atoms with E-state index in [2.05, 4.69) is 5.32 Å². The quantitative estimate of drug-likeness (QED) is 0.779. The molecule has 0 radical (unpaired) electrons. The number of aromatic carboxylic acids is 1. The topological polar surface area (TPSA) is 89.9 Å². The van der Waals surface area contributed by atoms with Crippen molar-refractivity contribution in [2.24, 2.45) is 0 Å². The maximum absolute atomic E-state index is 12.1. The number of β-amino-alcohol motifs (C(OH)–C–C–N with tert-alkyl or cyclic N) is 1. The van der Waals surface area contributed by atoms with E-state index in [-0.39, 0.29) is 18.1 Å². The van der Waals surface area contributed by atoms with Crippen LogP contribution in [-0.2, 0) is 0 Å². The van der Waals surface area contributed by atoms with Crippen LogP contribution in [0.3, 0.4) is 0 Å². The van der Waals surface area contributed by atoms with E-state index in [4.69, 9.17) is 0 Å². The summed E-state index contributed by atoms with van der Waals surface area (Å²) < 4.78 is 0. The molecule has 0 aromatic carbocycles. The number of hydrogen-bond acceptors (Lipinski definition) is 4. The van der Waals surface area contributed by atoms with Gasteiger partial charge in [-0.15, -0.1) is 11.3 Å². The Balaban J connectivity index is 2.15. The van der Waals surface area contributed by atoms with E-state index in [1.807, 2.05) is 6.92 Å². The number of amides is 2. The number of hydrogen-bond donors (Lipinski definition) is 3. The summed E-state index contributed by atoms with van der Waals surface area (Å²) in [4.78, 5) is 25.8. The second kappa shape index (κ2) is 5.80. The Labute approximate surface area is 121 Å². The van der Waals surface area contributed by atoms with Gasteiger partial charge < -0.3 is 15.1 Å². The maximum Gasteiger partial charge on any atom is 0.338 e. The van der Waals surface area contributed by atoms with Crippen molar-refractivity contribution in [2.45, 2.75) is 32.8 Å². The third-order valence-corrected chi connectivity index (χ3v) is 4.63. The molecule has 1 aromatic rings. The smallest absolute Gasteiger partial charge is 0.338 e. The number of piperidine rings is 1. The largest absolute Gasteiger partial charge is 0.478 e. The average Bonchev–Trinajstić information content (AvgIpc) is 2.64. The van der Waals surface area contributed by atoms with E-state index < -0.39 is 12.1 Å². The molecule has 0 aliphatic carbocycles. The summed E-state index contributed by atoms with van der Waals surface area (Å²) in [6.45, 7) is 4.43. The molecule has 7 heteroatoms. The molecule has 2 rings (SSSR count). The Kier molecular flexibility index (Phi) is 4.29. The zero-order valence-electron chi connectivity index (χ0n) is 11.5. The molecule has 1 aliphatic heterocycles. The van der Waals surface area contributed by atoms with Crippen LogP contribution in [0.4, 0.5) is 9.80 Å². The highest BCUT2D eigenvalue weighted by atomic mass is 32.1. The first-order valence-corrected chi connectivity index (χ1v) is 7.29. The minimum atomic E-state index is -1.04. The zero-order valence-corrected chi connectivity index (χ0v) is 12.3. The van der Waals surface area contributed by atoms with Crippen molar-refractivity contribution in [3.63, 3.8) is 0 Å². The van der Waals surface area contributed by atoms with Crippen molar-refractivity contribution in [1.82, 2.24) is 4.90 Å². The second-order valence-electron chi connectivity index (χ2n) is 4.96. The molecule has 2 amide bonds. The maximum atomic E-state index is 12.1. The zero-order chi connectivity index (χ0) is 14.9. The van der Waals surface area contributed by atoms with Crippen LogP contribution in [0.2, 0.25) is 0 Å². The highest BCUT2D eigenvalue weighted by Gasteiger charge is 2.25. The molecule has 2 heterocycles. The summed E-state index contributed by atoms with van der Waals surface area (Å²) in [5.74, 6) is -1.04. The van der Waals surface area contributed by atoms with Crippen molar-refractivity contribution >= 4 is 28.3 Å². The van der Waals surface area contributed by atoms with Gasteiger partial charge in [0.25, 0.3) is 0 Å². The van der Waals surface area contributed by atoms with Crippen LogP contribution in [0.1, 0.15) is 33.6 Å². The van der Waals surface area contributed by atoms with E-state index >= 15 is 0 Å². The first-order chi connectivity index (χ1) is 9.40. The molecule has 110 valence electrons. The molecule has 1 aromatic heterocycles. The lowest BCUT2D eigenvalue weighted by atomic mass is 10.1. The van der Waals surface area contributed by atoms with Crippen LogP contribution >= 0.6 is 11.3 Å². The van der Waals surface area contributed by atoms with Gasteiger partial charge in [-0.05, 0) is 32.3 Å². The van der Waals surface area contributed by atoms with Gasteiger partial charge in [0.05, 0.1) is 11.7 Å². The number of nitrogens with zero attached hydrogens (tertiary/aromatic N) is 1. The fourth-order valence-electron chi connectivity index (χ4n) is 2.29. The van der Waals surface area contributed by atoms with Gasteiger partial charge in [0.1, 0.15) is 5.00 Å². The summed E-state index contributed by atoms with van der Waals surface area (Å²) in [7, 11) is 0. The van der Waals surface area contributed by atoms with Gasteiger partial charge in [-0.2, -0.15) is 0 Å². The lowest BCUT2D eigenvalue weighted by molar-refractivity contribution is 0.0697. The van der Waals surface area contributed by atoms with Crippen molar-refractivity contribution < 1.29 is 19.8 Å². The average molecular weight is 298 g/mol. The first-order valence-electron chi connectivity index (χ1n) is 6.47. The fourth-order valence-corrected chi connectivity index (χ4v) is 3.33. The minimum Gasteiger partial charge on any atom is -0.478 e. The molecule has 1 aliphatic rings. The normalized spacial score (nSPS) is 18.9. The Morgan fingerprint density at radius 3 is 2.70 bits per heavy atom. The van der Waals surface area contributed by atoms with E-state index in [0.717, 1.165) is 11.3 Å². The molecule has 1 fully saturated rings. The molecule has 3 N–H and O–H groups in total. The van der Waals surface area contributed by atoms with Crippen molar-refractivity contribution in [2.75, 3.05) is 18.4 Å². The Hall–Kier alpha value is -1.60. The molecule has 1 unspecified atom stereocenters. The molecule has 0 spiro atoms. The number of anilines is 1. The third-order valence-electron chi connectivity index (χ3n) is 3.50. The van der Waals surface area contributed by atoms with E-state index in [1.165, 1.54) is 16.2 Å². The molecule has 1 atom stereocenters. The molecular weight excluding hydrogens is 280 g/mol. The minimum absolute atomic E-state index is 0.151. The van der Waals surface area contributed by atoms with E-state index in [0.29, 0.717) is 23.5 Å². The molecule has 1 saturated heterocycles. The number of aryl methyl sites for hydroxylation is 1. The number of rotatable bonds is 2. The molecule has 0 bridgehead atoms. The highest BCUT2D eigenvalue weighted by Crippen LogP contribution is 2.32. The van der Waals surface area contributed by atoms with Gasteiger partial charge in [0.15, 0.2) is 0 Å². The van der Waals surface area contributed by atoms with Crippen LogP contribution in [0.5, 0.6) is 0 Å². The van der Waals surface area contributed by atoms with Gasteiger partial charge >= 0.3 is 12.0 Å². The number of likely N-dealkylation sites (tertiary alicyclic amines) is 1. The van der Waals surface area contributed by atoms with Crippen LogP contribution in [0, 0.1) is 13.8 Å². The standard InChI is InChI=1S/C13H18N2O4S/c1-7-8(2)20-11(10(7)12(17)18)14-13(19)15-5-3-4-9(16)6-15/h9,16H,3-6H2,1-2H3,(H,14,19)(H,17,18). The molecular formula is C13H18N2O4S. The van der Waals surface area contributed by atoms with E-state index in [1.54, 1.807) is 6.92 Å². The summed E-state index contributed by atoms with van der Waals surface area (Å²) in [5.41, 5.74) is 0.829. The highest BCUT2D eigenvalue weighted by molar-refractivity contribution is 7.16. The monoisotopic (exact) mass is 298 g/mol. The van der Waals surface area contributed by atoms with Gasteiger partial charge in [-0.3, -0.25) is 5.32 Å². The number of carbonyl (C=O) groups excluding carboxylic acids is 1. The number of urea groups is 1. The van der Waals surface area contributed by atoms with Crippen LogP contribution in [0.15, 0.2) is 0 Å². The Bertz CT molecular complexity index is 541. The summed E-state index contributed by atoms with van der Waals surface area (Å²) >= 11 is 1.26. The number of thiophene rings is 1. The summed E-state index contributed by atoms with van der Waals surface area (Å²) in [6.07, 6.45) is 0.949. The van der Waals surface area contributed by atoms with Crippen molar-refractivity contribution in [1.29, 1.82) is 0 Å². The van der Waals surface area contributed by atoms with Gasteiger partial charge in [0.2, 0.25) is 0 Å². The summed E-state index contributed by atoms with van der Waals surface area (Å²) in [5, 5.41) is 21.8. The van der Waals surface area contributed by atoms with Gasteiger partial charge in [0, 0.05) is 18.0 Å². The van der Waals surface area contributed by atoms with Crippen molar-refractivity contribution in [3.05, 3.63) is 16.0 Å². The SMILES string of the molecule is Cc1sc(NC(=O)N2CCCC(O)C2)c(C(=O)O)c1C. The lowest BCUT2D eigenvalue weighted by Gasteiger charge is -2.29. The number of aliphatic hydroxyl groups excluding tert-OH is 1. The predicted octanol–water partition coefficient (Wildman–Crippen LogP) is 2.05. The second-order valence-corrected chi connectivity index (χ2v) is 6.19. The number of carboxylic acid groups (broad SMARTS) is 1. The van der Waals surface area contributed by atoms with Crippen LogP contribution in [-0.4, -0.2) is 46.3 Å². The lowest BCUT2D eigenvalue weighted by Crippen LogP contribution is -2.44. The summed E-state index contributed by atoms with van der Waals surface area (Å²) in [6, 6.07) is -0.354. The molecule has 20 heavy (non-hydrogen) atoms. The van der Waals surface area contributed by atoms with Crippen LogP contribution < -0.4 is 5.32 Å². The van der Waals surface area contributed by atoms with Crippen molar-refractivity contribution in [3.8, 4) is 0 Å². The Morgan fingerprint density at radius 2 is 2.10 bits per heavy atom.